The van der Waals surface area contributed by atoms with Crippen LogP contribution in [0.25, 0.3) is 0 Å². The van der Waals surface area contributed by atoms with Gasteiger partial charge in [-0.25, -0.2) is 0 Å². The average molecular weight is 447 g/mol. The van der Waals surface area contributed by atoms with Gasteiger partial charge in [0, 0.05) is 23.5 Å². The van der Waals surface area contributed by atoms with E-state index < -0.39 is 17.6 Å². The van der Waals surface area contributed by atoms with Crippen molar-refractivity contribution in [3.63, 3.8) is 0 Å². The van der Waals surface area contributed by atoms with Gasteiger partial charge < -0.3 is 10.6 Å². The second kappa shape index (κ2) is 9.76. The van der Waals surface area contributed by atoms with Gasteiger partial charge in [-0.1, -0.05) is 12.1 Å². The van der Waals surface area contributed by atoms with Crippen molar-refractivity contribution in [3.05, 3.63) is 82.0 Å². The Morgan fingerprint density at radius 3 is 2.39 bits per heavy atom. The summed E-state index contributed by atoms with van der Waals surface area (Å²) in [4.78, 5) is 26.6. The zero-order valence-corrected chi connectivity index (χ0v) is 17.4. The van der Waals surface area contributed by atoms with Crippen molar-refractivity contribution in [2.24, 2.45) is 0 Å². The maximum atomic E-state index is 12.8. The van der Waals surface area contributed by atoms with Gasteiger partial charge in [-0.15, -0.1) is 0 Å². The number of alkyl halides is 3. The van der Waals surface area contributed by atoms with Crippen LogP contribution in [0.2, 0.25) is 0 Å². The molecule has 0 aliphatic carbocycles. The Labute approximate surface area is 181 Å². The predicted molar refractivity (Wildman–Crippen MR) is 115 cm³/mol. The first-order chi connectivity index (χ1) is 14.7. The molecule has 5 nitrogen and oxygen atoms in total. The van der Waals surface area contributed by atoms with Crippen LogP contribution in [-0.2, 0) is 17.5 Å². The number of likely N-dealkylation sites (N-methyl/N-ethyl adjacent to an activating group) is 1. The van der Waals surface area contributed by atoms with Gasteiger partial charge >= 0.3 is 6.18 Å². The summed E-state index contributed by atoms with van der Waals surface area (Å²) < 4.78 is 38.5. The lowest BCUT2D eigenvalue weighted by molar-refractivity contribution is -0.137. The van der Waals surface area contributed by atoms with Crippen LogP contribution in [0.3, 0.4) is 0 Å². The van der Waals surface area contributed by atoms with E-state index in [9.17, 15) is 22.8 Å². The molecule has 0 unspecified atom stereocenters. The molecular weight excluding hydrogens is 427 g/mol. The molecular formula is C22H20F3N3O2S. The van der Waals surface area contributed by atoms with Crippen LogP contribution in [0.1, 0.15) is 21.5 Å². The van der Waals surface area contributed by atoms with E-state index in [-0.39, 0.29) is 23.7 Å². The first kappa shape index (κ1) is 22.5. The molecule has 0 aliphatic rings. The molecule has 162 valence electrons. The number of benzene rings is 2. The Bertz CT molecular complexity index is 1050. The van der Waals surface area contributed by atoms with Crippen molar-refractivity contribution < 1.29 is 22.8 Å². The predicted octanol–water partition coefficient (Wildman–Crippen LogP) is 5.09. The van der Waals surface area contributed by atoms with Crippen molar-refractivity contribution in [2.45, 2.75) is 12.7 Å². The van der Waals surface area contributed by atoms with E-state index >= 15 is 0 Å². The molecule has 1 aromatic heterocycles. The summed E-state index contributed by atoms with van der Waals surface area (Å²) in [7, 11) is 1.83. The zero-order chi connectivity index (χ0) is 22.4. The fourth-order valence-corrected chi connectivity index (χ4v) is 3.57. The summed E-state index contributed by atoms with van der Waals surface area (Å²) in [6.07, 6.45) is -4.50. The summed E-state index contributed by atoms with van der Waals surface area (Å²) >= 11 is 1.59. The quantitative estimate of drug-likeness (QED) is 0.530. The van der Waals surface area contributed by atoms with Gasteiger partial charge in [0.25, 0.3) is 5.91 Å². The normalized spacial score (nSPS) is 11.4. The van der Waals surface area contributed by atoms with E-state index in [0.29, 0.717) is 12.2 Å². The van der Waals surface area contributed by atoms with E-state index in [1.807, 2.05) is 28.8 Å². The van der Waals surface area contributed by atoms with Crippen LogP contribution in [-0.4, -0.2) is 30.3 Å². The first-order valence-electron chi connectivity index (χ1n) is 9.29. The Balaban J connectivity index is 1.60. The van der Waals surface area contributed by atoms with Crippen LogP contribution in [0.15, 0.2) is 65.4 Å². The number of nitrogens with one attached hydrogen (secondary N) is 2. The van der Waals surface area contributed by atoms with E-state index in [2.05, 4.69) is 10.6 Å². The third kappa shape index (κ3) is 6.66. The topological polar surface area (TPSA) is 61.4 Å². The number of thiophene rings is 1. The molecule has 0 aliphatic heterocycles. The minimum Gasteiger partial charge on any atom is -0.325 e. The molecule has 1 heterocycles. The second-order valence-corrected chi connectivity index (χ2v) is 7.75. The fourth-order valence-electron chi connectivity index (χ4n) is 2.91. The molecule has 2 amide bonds. The molecule has 0 fully saturated rings. The summed E-state index contributed by atoms with van der Waals surface area (Å²) in [5.74, 6) is -0.821. The highest BCUT2D eigenvalue weighted by atomic mass is 32.1. The number of anilines is 2. The van der Waals surface area contributed by atoms with Crippen LogP contribution in [0.4, 0.5) is 24.5 Å². The molecule has 0 atom stereocenters. The largest absolute Gasteiger partial charge is 0.416 e. The number of hydrogen-bond acceptors (Lipinski definition) is 4. The Morgan fingerprint density at radius 1 is 1.00 bits per heavy atom. The van der Waals surface area contributed by atoms with Crippen molar-refractivity contribution in [2.75, 3.05) is 24.2 Å². The third-order valence-electron chi connectivity index (χ3n) is 4.30. The Hall–Kier alpha value is -3.17. The van der Waals surface area contributed by atoms with Gasteiger partial charge in [0.05, 0.1) is 12.1 Å². The fraction of sp³-hybridized carbons (Fsp3) is 0.182. The van der Waals surface area contributed by atoms with Gasteiger partial charge in [0.15, 0.2) is 0 Å². The Kier molecular flexibility index (Phi) is 7.09. The monoisotopic (exact) mass is 447 g/mol. The number of nitrogens with zero attached hydrogens (tertiary/aromatic N) is 1. The number of rotatable bonds is 7. The van der Waals surface area contributed by atoms with Crippen molar-refractivity contribution in [1.29, 1.82) is 0 Å². The van der Waals surface area contributed by atoms with Crippen molar-refractivity contribution >= 4 is 34.5 Å². The highest BCUT2D eigenvalue weighted by Gasteiger charge is 2.30. The van der Waals surface area contributed by atoms with Gasteiger partial charge in [-0.2, -0.15) is 24.5 Å². The molecule has 2 aromatic carbocycles. The van der Waals surface area contributed by atoms with Crippen LogP contribution in [0, 0.1) is 0 Å². The summed E-state index contributed by atoms with van der Waals surface area (Å²) in [5, 5.41) is 9.17. The molecule has 31 heavy (non-hydrogen) atoms. The van der Waals surface area contributed by atoms with Crippen molar-refractivity contribution in [3.8, 4) is 0 Å². The van der Waals surface area contributed by atoms with E-state index in [0.717, 1.165) is 17.7 Å². The highest BCUT2D eigenvalue weighted by molar-refractivity contribution is 7.07. The smallest absolute Gasteiger partial charge is 0.325 e. The summed E-state index contributed by atoms with van der Waals surface area (Å²) in [5.41, 5.74) is 0.934. The molecule has 0 saturated heterocycles. The molecule has 0 bridgehead atoms. The van der Waals surface area contributed by atoms with Crippen molar-refractivity contribution in [1.82, 2.24) is 4.90 Å². The highest BCUT2D eigenvalue weighted by Crippen LogP contribution is 2.30. The number of halogens is 3. The standard InChI is InChI=1S/C22H20F3N3O2S/c1-28(12-15-8-9-31-14-15)13-20(29)26-18-6-2-4-16(10-18)21(30)27-19-7-3-5-17(11-19)22(23,24)25/h2-11,14H,12-13H2,1H3,(H,26,29)(H,27,30). The molecule has 0 spiro atoms. The maximum absolute atomic E-state index is 12.8. The zero-order valence-electron chi connectivity index (χ0n) is 16.6. The molecule has 2 N–H and O–H groups in total. The van der Waals surface area contributed by atoms with Gasteiger partial charge in [-0.05, 0) is 65.8 Å². The SMILES string of the molecule is CN(CC(=O)Nc1cccc(C(=O)Nc2cccc(C(F)(F)F)c2)c1)Cc1ccsc1. The third-order valence-corrected chi connectivity index (χ3v) is 5.03. The first-order valence-corrected chi connectivity index (χ1v) is 10.2. The van der Waals surface area contributed by atoms with Crippen LogP contribution >= 0.6 is 11.3 Å². The summed E-state index contributed by atoms with van der Waals surface area (Å²) in [6, 6.07) is 12.6. The average Bonchev–Trinajstić information content (AvgIpc) is 3.20. The van der Waals surface area contributed by atoms with E-state index in [1.54, 1.807) is 23.5 Å². The van der Waals surface area contributed by atoms with Crippen LogP contribution in [0.5, 0.6) is 0 Å². The molecule has 0 radical (unpaired) electrons. The van der Waals surface area contributed by atoms with Gasteiger partial charge in [0.2, 0.25) is 5.91 Å². The molecule has 9 heteroatoms. The molecule has 3 aromatic rings. The number of carbonyl (C=O) groups excluding carboxylic acids is 2. The Morgan fingerprint density at radius 2 is 1.71 bits per heavy atom. The van der Waals surface area contributed by atoms with E-state index in [1.165, 1.54) is 24.3 Å². The number of amides is 2. The maximum Gasteiger partial charge on any atom is 0.416 e. The second-order valence-electron chi connectivity index (χ2n) is 6.97. The van der Waals surface area contributed by atoms with E-state index in [4.69, 9.17) is 0 Å². The minimum absolute atomic E-state index is 0.0318. The minimum atomic E-state index is -4.50. The lowest BCUT2D eigenvalue weighted by atomic mass is 10.1. The van der Waals surface area contributed by atoms with Gasteiger partial charge in [0.1, 0.15) is 0 Å². The molecule has 0 saturated carbocycles. The molecule has 3 rings (SSSR count). The number of carbonyl (C=O) groups is 2. The number of hydrogen-bond donors (Lipinski definition) is 2. The van der Waals surface area contributed by atoms with Crippen LogP contribution < -0.4 is 10.6 Å². The lowest BCUT2D eigenvalue weighted by Gasteiger charge is -2.16. The summed E-state index contributed by atoms with van der Waals surface area (Å²) in [6.45, 7) is 0.798. The lowest BCUT2D eigenvalue weighted by Crippen LogP contribution is -2.29. The van der Waals surface area contributed by atoms with Gasteiger partial charge in [-0.3, -0.25) is 14.5 Å².